The second-order valence-electron chi connectivity index (χ2n) is 6.19. The number of carboxylic acid groups (broad SMARTS) is 1. The Morgan fingerprint density at radius 1 is 1.45 bits per heavy atom. The molecule has 2 fully saturated rings. The van der Waals surface area contributed by atoms with Crippen LogP contribution in [0.25, 0.3) is 0 Å². The van der Waals surface area contributed by atoms with E-state index in [1.165, 1.54) is 12.8 Å². The lowest BCUT2D eigenvalue weighted by molar-refractivity contribution is -0.148. The van der Waals surface area contributed by atoms with E-state index in [1.807, 2.05) is 6.92 Å². The minimum absolute atomic E-state index is 0.132. The Morgan fingerprint density at radius 3 is 2.70 bits per heavy atom. The molecule has 0 aromatic carbocycles. The third kappa shape index (κ3) is 3.42. The second kappa shape index (κ2) is 5.99. The van der Waals surface area contributed by atoms with Gasteiger partial charge in [0.1, 0.15) is 5.41 Å². The molecule has 6 nitrogen and oxygen atoms in total. The third-order valence-electron chi connectivity index (χ3n) is 4.39. The average Bonchev–Trinajstić information content (AvgIpc) is 3.13. The molecule has 20 heavy (non-hydrogen) atoms. The summed E-state index contributed by atoms with van der Waals surface area (Å²) < 4.78 is 5.22. The zero-order valence-electron chi connectivity index (χ0n) is 12.1. The van der Waals surface area contributed by atoms with Gasteiger partial charge in [-0.3, -0.25) is 4.79 Å². The molecule has 6 heteroatoms. The molecule has 1 aliphatic heterocycles. The van der Waals surface area contributed by atoms with Crippen molar-refractivity contribution in [2.24, 2.45) is 11.3 Å². The largest absolute Gasteiger partial charge is 0.481 e. The summed E-state index contributed by atoms with van der Waals surface area (Å²) in [4.78, 5) is 23.3. The summed E-state index contributed by atoms with van der Waals surface area (Å²) >= 11 is 0. The zero-order valence-corrected chi connectivity index (χ0v) is 12.1. The monoisotopic (exact) mass is 284 g/mol. The van der Waals surface area contributed by atoms with Gasteiger partial charge in [0.15, 0.2) is 0 Å². The van der Waals surface area contributed by atoms with Crippen molar-refractivity contribution >= 4 is 12.0 Å². The molecule has 2 aliphatic rings. The summed E-state index contributed by atoms with van der Waals surface area (Å²) in [6.45, 7) is 4.03. The molecule has 3 N–H and O–H groups in total. The fraction of sp³-hybridized carbons (Fsp3) is 0.857. The lowest BCUT2D eigenvalue weighted by atomic mass is 9.85. The Labute approximate surface area is 119 Å². The standard InChI is InChI=1S/C14H24N2O4/c1-3-10(6-9-4-5-9)15-13(19)16-11-7-20-8-14(11,2)12(17)18/h9-11H,3-8H2,1-2H3,(H,17,18)(H2,15,16,19). The van der Waals surface area contributed by atoms with Crippen LogP contribution in [-0.4, -0.2) is 42.4 Å². The number of carbonyl (C=O) groups excluding carboxylic acids is 1. The molecule has 1 heterocycles. The molecule has 0 bridgehead atoms. The van der Waals surface area contributed by atoms with E-state index in [-0.39, 0.29) is 25.3 Å². The Kier molecular flexibility index (Phi) is 4.52. The quantitative estimate of drug-likeness (QED) is 0.687. The molecule has 3 atom stereocenters. The highest BCUT2D eigenvalue weighted by Crippen LogP contribution is 2.34. The maximum atomic E-state index is 12.0. The third-order valence-corrected chi connectivity index (χ3v) is 4.39. The van der Waals surface area contributed by atoms with Gasteiger partial charge in [-0.05, 0) is 25.7 Å². The Balaban J connectivity index is 1.85. The molecule has 0 aromatic rings. The molecule has 1 saturated carbocycles. The Hall–Kier alpha value is -1.30. The molecular formula is C14H24N2O4. The van der Waals surface area contributed by atoms with Crippen molar-refractivity contribution in [2.75, 3.05) is 13.2 Å². The summed E-state index contributed by atoms with van der Waals surface area (Å²) in [6, 6.07) is -0.611. The molecule has 2 rings (SSSR count). The van der Waals surface area contributed by atoms with Crippen molar-refractivity contribution in [3.63, 3.8) is 0 Å². The van der Waals surface area contributed by atoms with E-state index < -0.39 is 17.4 Å². The van der Waals surface area contributed by atoms with Crippen molar-refractivity contribution in [1.82, 2.24) is 10.6 Å². The molecule has 2 amide bonds. The van der Waals surface area contributed by atoms with E-state index in [0.29, 0.717) is 0 Å². The maximum absolute atomic E-state index is 12.0. The molecule has 114 valence electrons. The number of carbonyl (C=O) groups is 2. The van der Waals surface area contributed by atoms with E-state index in [9.17, 15) is 14.7 Å². The minimum atomic E-state index is -1.05. The van der Waals surface area contributed by atoms with Crippen LogP contribution in [-0.2, 0) is 9.53 Å². The van der Waals surface area contributed by atoms with Crippen molar-refractivity contribution in [2.45, 2.75) is 51.6 Å². The van der Waals surface area contributed by atoms with Gasteiger partial charge < -0.3 is 20.5 Å². The van der Waals surface area contributed by atoms with Crippen LogP contribution in [0, 0.1) is 11.3 Å². The lowest BCUT2D eigenvalue weighted by Crippen LogP contribution is -2.53. The lowest BCUT2D eigenvalue weighted by Gasteiger charge is -2.26. The fourth-order valence-electron chi connectivity index (χ4n) is 2.55. The van der Waals surface area contributed by atoms with Gasteiger partial charge in [-0.1, -0.05) is 19.8 Å². The number of carboxylic acids is 1. The van der Waals surface area contributed by atoms with Crippen LogP contribution in [0.15, 0.2) is 0 Å². The summed E-state index contributed by atoms with van der Waals surface area (Å²) in [5.74, 6) is -0.190. The number of amides is 2. The number of nitrogens with one attached hydrogen (secondary N) is 2. The van der Waals surface area contributed by atoms with Crippen LogP contribution in [0.2, 0.25) is 0 Å². The molecule has 1 aliphatic carbocycles. The SMILES string of the molecule is CCC(CC1CC1)NC(=O)NC1COCC1(C)C(=O)O. The first-order valence-corrected chi connectivity index (χ1v) is 7.34. The van der Waals surface area contributed by atoms with E-state index in [2.05, 4.69) is 10.6 Å². The molecule has 0 aromatic heterocycles. The fourth-order valence-corrected chi connectivity index (χ4v) is 2.55. The van der Waals surface area contributed by atoms with Gasteiger partial charge in [0, 0.05) is 6.04 Å². The number of hydrogen-bond donors (Lipinski definition) is 3. The average molecular weight is 284 g/mol. The van der Waals surface area contributed by atoms with Crippen LogP contribution in [0.5, 0.6) is 0 Å². The molecule has 3 unspecified atom stereocenters. The zero-order chi connectivity index (χ0) is 14.8. The van der Waals surface area contributed by atoms with Gasteiger partial charge in [0.25, 0.3) is 0 Å². The summed E-state index contributed by atoms with van der Waals surface area (Å²) in [5, 5.41) is 15.0. The topological polar surface area (TPSA) is 87.7 Å². The first-order valence-electron chi connectivity index (χ1n) is 7.34. The highest BCUT2D eigenvalue weighted by Gasteiger charge is 2.47. The first kappa shape index (κ1) is 15.1. The van der Waals surface area contributed by atoms with Crippen LogP contribution in [0.1, 0.15) is 39.5 Å². The predicted molar refractivity (Wildman–Crippen MR) is 73.4 cm³/mol. The van der Waals surface area contributed by atoms with Gasteiger partial charge in [-0.25, -0.2) is 4.79 Å². The first-order chi connectivity index (χ1) is 9.45. The second-order valence-corrected chi connectivity index (χ2v) is 6.19. The molecule has 1 saturated heterocycles. The maximum Gasteiger partial charge on any atom is 0.315 e. The van der Waals surface area contributed by atoms with E-state index in [4.69, 9.17) is 4.74 Å². The van der Waals surface area contributed by atoms with Crippen molar-refractivity contribution in [1.29, 1.82) is 0 Å². The Morgan fingerprint density at radius 2 is 2.15 bits per heavy atom. The minimum Gasteiger partial charge on any atom is -0.481 e. The number of hydrogen-bond acceptors (Lipinski definition) is 3. The van der Waals surface area contributed by atoms with E-state index in [1.54, 1.807) is 6.92 Å². The van der Waals surface area contributed by atoms with Crippen LogP contribution in [0.4, 0.5) is 4.79 Å². The highest BCUT2D eigenvalue weighted by molar-refractivity contribution is 5.79. The number of ether oxygens (including phenoxy) is 1. The normalized spacial score (nSPS) is 30.8. The van der Waals surface area contributed by atoms with Gasteiger partial charge in [-0.2, -0.15) is 0 Å². The van der Waals surface area contributed by atoms with E-state index in [0.717, 1.165) is 18.8 Å². The van der Waals surface area contributed by atoms with Crippen LogP contribution >= 0.6 is 0 Å². The van der Waals surface area contributed by atoms with Crippen molar-refractivity contribution < 1.29 is 19.4 Å². The van der Waals surface area contributed by atoms with Crippen LogP contribution < -0.4 is 10.6 Å². The highest BCUT2D eigenvalue weighted by atomic mass is 16.5. The number of rotatable bonds is 6. The van der Waals surface area contributed by atoms with Gasteiger partial charge in [0.2, 0.25) is 0 Å². The molecular weight excluding hydrogens is 260 g/mol. The van der Waals surface area contributed by atoms with Crippen molar-refractivity contribution in [3.8, 4) is 0 Å². The van der Waals surface area contributed by atoms with Gasteiger partial charge in [-0.15, -0.1) is 0 Å². The molecule has 0 spiro atoms. The number of aliphatic carboxylic acids is 1. The Bertz CT molecular complexity index is 383. The predicted octanol–water partition coefficient (Wildman–Crippen LogP) is 1.35. The molecule has 0 radical (unpaired) electrons. The van der Waals surface area contributed by atoms with Crippen LogP contribution in [0.3, 0.4) is 0 Å². The smallest absolute Gasteiger partial charge is 0.315 e. The van der Waals surface area contributed by atoms with Gasteiger partial charge in [0.05, 0.1) is 19.3 Å². The summed E-state index contributed by atoms with van der Waals surface area (Å²) in [7, 11) is 0. The summed E-state index contributed by atoms with van der Waals surface area (Å²) in [6.07, 6.45) is 4.42. The summed E-state index contributed by atoms with van der Waals surface area (Å²) in [5.41, 5.74) is -1.05. The van der Waals surface area contributed by atoms with Crippen molar-refractivity contribution in [3.05, 3.63) is 0 Å². The van der Waals surface area contributed by atoms with E-state index >= 15 is 0 Å². The number of urea groups is 1. The van der Waals surface area contributed by atoms with Gasteiger partial charge >= 0.3 is 12.0 Å².